The number of thioether (sulfide) groups is 2. The van der Waals surface area contributed by atoms with Gasteiger partial charge in [0, 0.05) is 21.4 Å². The third-order valence-electron chi connectivity index (χ3n) is 3.73. The van der Waals surface area contributed by atoms with Gasteiger partial charge in [0.05, 0.1) is 9.79 Å². The largest absolute Gasteiger partial charge is 0.285 e. The van der Waals surface area contributed by atoms with Gasteiger partial charge in [0.15, 0.2) is 0 Å². The number of hydrogen-bond donors (Lipinski definition) is 0. The molecule has 0 spiro atoms. The van der Waals surface area contributed by atoms with Gasteiger partial charge in [-0.15, -0.1) is 39.3 Å². The van der Waals surface area contributed by atoms with Crippen molar-refractivity contribution in [3.63, 3.8) is 0 Å². The van der Waals surface area contributed by atoms with Crippen LogP contribution in [0.5, 0.6) is 0 Å². The van der Waals surface area contributed by atoms with Gasteiger partial charge >= 0.3 is 0 Å². The van der Waals surface area contributed by atoms with Gasteiger partial charge in [0.1, 0.15) is 0 Å². The van der Waals surface area contributed by atoms with Crippen LogP contribution in [0.15, 0.2) is 84.1 Å². The Morgan fingerprint density at radius 3 is 1.82 bits per heavy atom. The molecule has 6 nitrogen and oxygen atoms in total. The molecule has 0 unspecified atom stereocenters. The highest BCUT2D eigenvalue weighted by atomic mass is 32.2. The maximum atomic E-state index is 12.9. The van der Waals surface area contributed by atoms with Crippen molar-refractivity contribution in [2.45, 2.75) is 19.6 Å². The molecule has 3 aromatic rings. The molecule has 0 saturated heterocycles. The monoisotopic (exact) mass is 472 g/mol. The molecule has 0 amide bonds. The van der Waals surface area contributed by atoms with Crippen LogP contribution in [0.4, 0.5) is 0 Å². The summed E-state index contributed by atoms with van der Waals surface area (Å²) in [5.74, 6) is 0. The van der Waals surface area contributed by atoms with Gasteiger partial charge in [-0.2, -0.15) is 8.42 Å². The highest BCUT2D eigenvalue weighted by Crippen LogP contribution is 2.21. The van der Waals surface area contributed by atoms with Crippen LogP contribution in [0.2, 0.25) is 0 Å². The van der Waals surface area contributed by atoms with Gasteiger partial charge < -0.3 is 0 Å². The highest BCUT2D eigenvalue weighted by molar-refractivity contribution is 7.98. The number of aromatic nitrogens is 1. The molecular formula is C17H16N2O4S5. The first kappa shape index (κ1) is 21.2. The molecule has 148 valence electrons. The lowest BCUT2D eigenvalue weighted by atomic mass is 10.4. The van der Waals surface area contributed by atoms with Crippen LogP contribution < -0.4 is 4.80 Å². The van der Waals surface area contributed by atoms with Crippen LogP contribution >= 0.6 is 34.9 Å². The fourth-order valence-electron chi connectivity index (χ4n) is 2.27. The van der Waals surface area contributed by atoms with E-state index < -0.39 is 20.0 Å². The van der Waals surface area contributed by atoms with E-state index in [1.54, 1.807) is 24.3 Å². The summed E-state index contributed by atoms with van der Waals surface area (Å²) < 4.78 is 55.7. The minimum atomic E-state index is -4.05. The summed E-state index contributed by atoms with van der Waals surface area (Å²) in [5, 5.41) is 1.49. The van der Waals surface area contributed by atoms with Crippen LogP contribution in [0.25, 0.3) is 0 Å². The predicted octanol–water partition coefficient (Wildman–Crippen LogP) is 3.52. The van der Waals surface area contributed by atoms with E-state index in [-0.39, 0.29) is 14.6 Å². The van der Waals surface area contributed by atoms with Crippen molar-refractivity contribution in [1.29, 1.82) is 0 Å². The average Bonchev–Trinajstić information content (AvgIpc) is 3.16. The molecule has 11 heteroatoms. The van der Waals surface area contributed by atoms with Crippen LogP contribution in [0.3, 0.4) is 0 Å². The average molecular weight is 473 g/mol. The standard InChI is InChI=1S/C17H16N2O4S5/c1-24-13-3-7-15(8-4-13)27(20,21)18-17-19(11-12-26-17)28(22,23)16-9-5-14(25-2)6-10-16/h3-12H,1-2H3/b18-17-. The summed E-state index contributed by atoms with van der Waals surface area (Å²) >= 11 is 3.93. The second-order valence-corrected chi connectivity index (χ2v) is 11.5. The Bertz CT molecular complexity index is 1240. The quantitative estimate of drug-likeness (QED) is 0.510. The number of sulfonamides is 1. The van der Waals surface area contributed by atoms with E-state index in [1.807, 2.05) is 12.5 Å². The smallest absolute Gasteiger partial charge is 0.214 e. The third-order valence-corrected chi connectivity index (χ3v) is 9.17. The molecule has 0 aliphatic heterocycles. The molecule has 0 radical (unpaired) electrons. The third kappa shape index (κ3) is 4.38. The number of thiazole rings is 1. The summed E-state index contributed by atoms with van der Waals surface area (Å²) in [6.45, 7) is 0. The summed E-state index contributed by atoms with van der Waals surface area (Å²) in [5.41, 5.74) is 0. The van der Waals surface area contributed by atoms with E-state index >= 15 is 0 Å². The molecule has 1 aromatic heterocycles. The Morgan fingerprint density at radius 2 is 1.32 bits per heavy atom. The van der Waals surface area contributed by atoms with E-state index in [4.69, 9.17) is 0 Å². The molecule has 3 rings (SSSR count). The zero-order valence-electron chi connectivity index (χ0n) is 14.8. The zero-order valence-corrected chi connectivity index (χ0v) is 18.9. The lowest BCUT2D eigenvalue weighted by molar-refractivity contribution is 0.585. The lowest BCUT2D eigenvalue weighted by Crippen LogP contribution is -2.24. The Labute approximate surface area is 176 Å². The van der Waals surface area contributed by atoms with Crippen molar-refractivity contribution in [3.05, 3.63) is 64.9 Å². The SMILES string of the molecule is CSc1ccc(S(=O)(=O)/N=c2\sccn2S(=O)(=O)c2ccc(SC)cc2)cc1. The van der Waals surface area contributed by atoms with E-state index in [0.29, 0.717) is 0 Å². The van der Waals surface area contributed by atoms with Crippen LogP contribution in [0.1, 0.15) is 0 Å². The molecular weight excluding hydrogens is 457 g/mol. The van der Waals surface area contributed by atoms with E-state index in [9.17, 15) is 16.8 Å². The minimum absolute atomic E-state index is 0.00646. The first-order valence-corrected chi connectivity index (χ1v) is 14.0. The van der Waals surface area contributed by atoms with Crippen LogP contribution in [0, 0.1) is 0 Å². The van der Waals surface area contributed by atoms with Gasteiger partial charge in [-0.3, -0.25) is 0 Å². The molecule has 1 heterocycles. The fourth-order valence-corrected chi connectivity index (χ4v) is 6.63. The minimum Gasteiger partial charge on any atom is -0.214 e. The second kappa shape index (κ2) is 8.46. The highest BCUT2D eigenvalue weighted by Gasteiger charge is 2.20. The topological polar surface area (TPSA) is 85.6 Å². The number of rotatable bonds is 6. The predicted molar refractivity (Wildman–Crippen MR) is 114 cm³/mol. The fraction of sp³-hybridized carbons (Fsp3) is 0.118. The summed E-state index contributed by atoms with van der Waals surface area (Å²) in [7, 11) is -8.01. The van der Waals surface area contributed by atoms with Crippen molar-refractivity contribution in [1.82, 2.24) is 3.97 Å². The van der Waals surface area contributed by atoms with E-state index in [1.165, 1.54) is 59.4 Å². The molecule has 0 saturated carbocycles. The first-order valence-electron chi connectivity index (χ1n) is 7.79. The Morgan fingerprint density at radius 1 is 0.821 bits per heavy atom. The number of hydrogen-bond acceptors (Lipinski definition) is 7. The Balaban J connectivity index is 2.06. The molecule has 0 fully saturated rings. The van der Waals surface area contributed by atoms with Crippen molar-refractivity contribution in [2.24, 2.45) is 4.40 Å². The van der Waals surface area contributed by atoms with Gasteiger partial charge in [-0.05, 0) is 61.0 Å². The van der Waals surface area contributed by atoms with Gasteiger partial charge in [-0.25, -0.2) is 12.4 Å². The van der Waals surface area contributed by atoms with Crippen molar-refractivity contribution in [3.8, 4) is 0 Å². The normalized spacial score (nSPS) is 13.0. The van der Waals surface area contributed by atoms with Gasteiger partial charge in [0.25, 0.3) is 20.0 Å². The number of nitrogens with zero attached hydrogens (tertiary/aromatic N) is 2. The lowest BCUT2D eigenvalue weighted by Gasteiger charge is -2.06. The summed E-state index contributed by atoms with van der Waals surface area (Å²) in [6, 6.07) is 12.7. The molecule has 0 aliphatic rings. The van der Waals surface area contributed by atoms with Crippen molar-refractivity contribution < 1.29 is 16.8 Å². The molecule has 0 bridgehead atoms. The Hall–Kier alpha value is -1.53. The maximum absolute atomic E-state index is 12.9. The maximum Gasteiger partial charge on any atom is 0.285 e. The van der Waals surface area contributed by atoms with Crippen molar-refractivity contribution >= 4 is 54.9 Å². The molecule has 0 atom stereocenters. The van der Waals surface area contributed by atoms with Gasteiger partial charge in [0.2, 0.25) is 4.80 Å². The van der Waals surface area contributed by atoms with E-state index in [0.717, 1.165) is 25.1 Å². The summed E-state index contributed by atoms with van der Waals surface area (Å²) in [4.78, 5) is 1.78. The first-order chi connectivity index (χ1) is 13.3. The molecule has 2 aromatic carbocycles. The zero-order chi connectivity index (χ0) is 20.4. The summed E-state index contributed by atoms with van der Waals surface area (Å²) in [6.07, 6.45) is 5.08. The molecule has 28 heavy (non-hydrogen) atoms. The van der Waals surface area contributed by atoms with Crippen molar-refractivity contribution in [2.75, 3.05) is 12.5 Å². The Kier molecular flexibility index (Phi) is 6.40. The second-order valence-electron chi connectivity index (χ2n) is 5.40. The molecule has 0 aliphatic carbocycles. The van der Waals surface area contributed by atoms with Crippen LogP contribution in [-0.4, -0.2) is 33.3 Å². The molecule has 0 N–H and O–H groups in total. The number of benzene rings is 2. The van der Waals surface area contributed by atoms with Gasteiger partial charge in [-0.1, -0.05) is 0 Å². The van der Waals surface area contributed by atoms with Crippen LogP contribution in [-0.2, 0) is 20.0 Å². The van der Waals surface area contributed by atoms with E-state index in [2.05, 4.69) is 4.40 Å².